The molecule has 1 aromatic carbocycles. The zero-order chi connectivity index (χ0) is 14.3. The number of fused-ring (bicyclic) bond motifs is 1. The molecule has 1 fully saturated rings. The van der Waals surface area contributed by atoms with Crippen LogP contribution in [-0.2, 0) is 4.79 Å². The standard InChI is InChI=1S/C15H19N3O2/c1-15(2,8-16)14(19)17-10-5-6-12-11(7-10)18-13(20-12)9-3-4-9/h5-7,9H,3-4,8,16H2,1-2H3,(H,17,19). The minimum atomic E-state index is -0.585. The van der Waals surface area contributed by atoms with Crippen LogP contribution in [-0.4, -0.2) is 17.4 Å². The molecule has 1 aliphatic carbocycles. The highest BCUT2D eigenvalue weighted by molar-refractivity contribution is 5.96. The monoisotopic (exact) mass is 273 g/mol. The second kappa shape index (κ2) is 4.59. The second-order valence-electron chi connectivity index (χ2n) is 6.05. The lowest BCUT2D eigenvalue weighted by molar-refractivity contribution is -0.123. The Morgan fingerprint density at radius 2 is 2.25 bits per heavy atom. The van der Waals surface area contributed by atoms with Gasteiger partial charge in [-0.2, -0.15) is 0 Å². The van der Waals surface area contributed by atoms with Crippen LogP contribution in [0.25, 0.3) is 11.1 Å². The van der Waals surface area contributed by atoms with Gasteiger partial charge in [0.15, 0.2) is 11.5 Å². The molecule has 5 heteroatoms. The van der Waals surface area contributed by atoms with Crippen LogP contribution >= 0.6 is 0 Å². The van der Waals surface area contributed by atoms with E-state index in [4.69, 9.17) is 10.2 Å². The summed E-state index contributed by atoms with van der Waals surface area (Å²) >= 11 is 0. The summed E-state index contributed by atoms with van der Waals surface area (Å²) in [6.45, 7) is 3.95. The van der Waals surface area contributed by atoms with Crippen molar-refractivity contribution in [1.29, 1.82) is 0 Å². The van der Waals surface area contributed by atoms with Crippen molar-refractivity contribution in [1.82, 2.24) is 4.98 Å². The maximum Gasteiger partial charge on any atom is 0.231 e. The number of carbonyl (C=O) groups excluding carboxylic acids is 1. The Labute approximate surface area is 117 Å². The zero-order valence-electron chi connectivity index (χ0n) is 11.8. The smallest absolute Gasteiger partial charge is 0.231 e. The van der Waals surface area contributed by atoms with Gasteiger partial charge in [0, 0.05) is 18.2 Å². The first-order valence-electron chi connectivity index (χ1n) is 6.91. The van der Waals surface area contributed by atoms with Crippen LogP contribution in [0.4, 0.5) is 5.69 Å². The molecule has 3 rings (SSSR count). The summed E-state index contributed by atoms with van der Waals surface area (Å²) in [6, 6.07) is 5.52. The first-order chi connectivity index (χ1) is 9.49. The van der Waals surface area contributed by atoms with Gasteiger partial charge in [-0.15, -0.1) is 0 Å². The minimum Gasteiger partial charge on any atom is -0.440 e. The normalized spacial score (nSPS) is 15.6. The maximum atomic E-state index is 12.1. The summed E-state index contributed by atoms with van der Waals surface area (Å²) in [4.78, 5) is 16.6. The van der Waals surface area contributed by atoms with Gasteiger partial charge in [-0.05, 0) is 44.9 Å². The Bertz CT molecular complexity index is 656. The van der Waals surface area contributed by atoms with Gasteiger partial charge in [-0.3, -0.25) is 4.79 Å². The molecule has 0 saturated heterocycles. The van der Waals surface area contributed by atoms with Crippen LogP contribution in [0.1, 0.15) is 38.5 Å². The van der Waals surface area contributed by atoms with E-state index in [0.29, 0.717) is 12.5 Å². The Morgan fingerprint density at radius 1 is 1.50 bits per heavy atom. The first-order valence-corrected chi connectivity index (χ1v) is 6.91. The summed E-state index contributed by atoms with van der Waals surface area (Å²) in [6.07, 6.45) is 2.31. The molecule has 0 atom stereocenters. The Balaban J connectivity index is 1.83. The van der Waals surface area contributed by atoms with Gasteiger partial charge >= 0.3 is 0 Å². The molecular formula is C15H19N3O2. The van der Waals surface area contributed by atoms with E-state index in [1.54, 1.807) is 0 Å². The molecular weight excluding hydrogens is 254 g/mol. The van der Waals surface area contributed by atoms with Crippen molar-refractivity contribution in [3.8, 4) is 0 Å². The number of carbonyl (C=O) groups is 1. The Kier molecular flexibility index (Phi) is 3.01. The number of nitrogens with two attached hydrogens (primary N) is 1. The quantitative estimate of drug-likeness (QED) is 0.897. The highest BCUT2D eigenvalue weighted by Crippen LogP contribution is 2.40. The zero-order valence-corrected chi connectivity index (χ0v) is 11.8. The van der Waals surface area contributed by atoms with Crippen LogP contribution in [0, 0.1) is 5.41 Å². The highest BCUT2D eigenvalue weighted by Gasteiger charge is 2.29. The number of hydrogen-bond acceptors (Lipinski definition) is 4. The topological polar surface area (TPSA) is 81.2 Å². The number of amides is 1. The summed E-state index contributed by atoms with van der Waals surface area (Å²) in [5.41, 5.74) is 7.30. The van der Waals surface area contributed by atoms with Crippen molar-refractivity contribution in [2.24, 2.45) is 11.1 Å². The third kappa shape index (κ3) is 2.41. The summed E-state index contributed by atoms with van der Waals surface area (Å²) in [7, 11) is 0. The van der Waals surface area contributed by atoms with Gasteiger partial charge in [-0.1, -0.05) is 0 Å². The third-order valence-electron chi connectivity index (χ3n) is 3.71. The van der Waals surface area contributed by atoms with Crippen LogP contribution < -0.4 is 11.1 Å². The van der Waals surface area contributed by atoms with Crippen LogP contribution in [0.3, 0.4) is 0 Å². The van der Waals surface area contributed by atoms with E-state index >= 15 is 0 Å². The van der Waals surface area contributed by atoms with Gasteiger partial charge in [-0.25, -0.2) is 4.98 Å². The van der Waals surface area contributed by atoms with Gasteiger partial charge in [0.2, 0.25) is 5.91 Å². The van der Waals surface area contributed by atoms with Crippen molar-refractivity contribution in [3.05, 3.63) is 24.1 Å². The first kappa shape index (κ1) is 13.1. The Morgan fingerprint density at radius 3 is 2.90 bits per heavy atom. The number of hydrogen-bond donors (Lipinski definition) is 2. The number of aromatic nitrogens is 1. The third-order valence-corrected chi connectivity index (χ3v) is 3.71. The van der Waals surface area contributed by atoms with E-state index in [2.05, 4.69) is 10.3 Å². The van der Waals surface area contributed by atoms with Gasteiger partial charge < -0.3 is 15.5 Å². The molecule has 0 unspecified atom stereocenters. The lowest BCUT2D eigenvalue weighted by Gasteiger charge is -2.21. The van der Waals surface area contributed by atoms with Gasteiger partial charge in [0.1, 0.15) is 5.52 Å². The molecule has 0 bridgehead atoms. The fourth-order valence-corrected chi connectivity index (χ4v) is 1.92. The Hall–Kier alpha value is -1.88. The van der Waals surface area contributed by atoms with Gasteiger partial charge in [0.05, 0.1) is 5.41 Å². The van der Waals surface area contributed by atoms with Crippen molar-refractivity contribution in [2.45, 2.75) is 32.6 Å². The minimum absolute atomic E-state index is 0.0924. The SMILES string of the molecule is CC(C)(CN)C(=O)Nc1ccc2oc(C3CC3)nc2c1. The predicted molar refractivity (Wildman–Crippen MR) is 77.4 cm³/mol. The summed E-state index contributed by atoms with van der Waals surface area (Å²) in [5, 5.41) is 2.88. The lowest BCUT2D eigenvalue weighted by Crippen LogP contribution is -2.37. The molecule has 106 valence electrons. The summed E-state index contributed by atoms with van der Waals surface area (Å²) in [5.74, 6) is 1.20. The molecule has 1 aromatic heterocycles. The van der Waals surface area contributed by atoms with Gasteiger partial charge in [0.25, 0.3) is 0 Å². The van der Waals surface area contributed by atoms with E-state index in [1.807, 2.05) is 32.0 Å². The largest absolute Gasteiger partial charge is 0.440 e. The number of anilines is 1. The summed E-state index contributed by atoms with van der Waals surface area (Å²) < 4.78 is 5.70. The van der Waals surface area contributed by atoms with E-state index in [0.717, 1.165) is 35.5 Å². The molecule has 1 amide bonds. The van der Waals surface area contributed by atoms with Crippen molar-refractivity contribution < 1.29 is 9.21 Å². The van der Waals surface area contributed by atoms with Crippen LogP contribution in [0.2, 0.25) is 0 Å². The predicted octanol–water partition coefficient (Wildman–Crippen LogP) is 2.63. The fraction of sp³-hybridized carbons (Fsp3) is 0.467. The fourth-order valence-electron chi connectivity index (χ4n) is 1.92. The molecule has 0 spiro atoms. The molecule has 1 saturated carbocycles. The van der Waals surface area contributed by atoms with E-state index in [9.17, 15) is 4.79 Å². The van der Waals surface area contributed by atoms with Crippen molar-refractivity contribution in [2.75, 3.05) is 11.9 Å². The highest BCUT2D eigenvalue weighted by atomic mass is 16.3. The second-order valence-corrected chi connectivity index (χ2v) is 6.05. The average Bonchev–Trinajstić information content (AvgIpc) is 3.18. The molecule has 3 N–H and O–H groups in total. The number of oxazole rings is 1. The molecule has 0 radical (unpaired) electrons. The van der Waals surface area contributed by atoms with E-state index in [1.165, 1.54) is 0 Å². The van der Waals surface area contributed by atoms with Crippen LogP contribution in [0.15, 0.2) is 22.6 Å². The van der Waals surface area contributed by atoms with Crippen molar-refractivity contribution in [3.63, 3.8) is 0 Å². The molecule has 1 heterocycles. The molecule has 5 nitrogen and oxygen atoms in total. The molecule has 1 aliphatic rings. The number of nitrogens with zero attached hydrogens (tertiary/aromatic N) is 1. The number of nitrogens with one attached hydrogen (secondary N) is 1. The molecule has 20 heavy (non-hydrogen) atoms. The number of benzene rings is 1. The lowest BCUT2D eigenvalue weighted by atomic mass is 9.92. The average molecular weight is 273 g/mol. The molecule has 0 aliphatic heterocycles. The maximum absolute atomic E-state index is 12.1. The van der Waals surface area contributed by atoms with E-state index in [-0.39, 0.29) is 5.91 Å². The van der Waals surface area contributed by atoms with Crippen molar-refractivity contribution >= 4 is 22.7 Å². The van der Waals surface area contributed by atoms with Crippen LogP contribution in [0.5, 0.6) is 0 Å². The van der Waals surface area contributed by atoms with E-state index < -0.39 is 5.41 Å². The molecule has 2 aromatic rings. The number of rotatable bonds is 4.